The third-order valence-electron chi connectivity index (χ3n) is 5.16. The molecule has 2 aliphatic heterocycles. The number of aryl methyl sites for hydroxylation is 2. The van der Waals surface area contributed by atoms with Crippen LogP contribution in [0.25, 0.3) is 0 Å². The van der Waals surface area contributed by atoms with Gasteiger partial charge in [0.1, 0.15) is 11.6 Å². The number of hydrogen-bond donors (Lipinski definition) is 1. The predicted molar refractivity (Wildman–Crippen MR) is 104 cm³/mol. The zero-order valence-corrected chi connectivity index (χ0v) is 16.6. The van der Waals surface area contributed by atoms with Crippen molar-refractivity contribution in [3.05, 3.63) is 28.7 Å². The first-order chi connectivity index (χ1) is 13.1. The maximum Gasteiger partial charge on any atom is 0.225 e. The minimum Gasteiger partial charge on any atom is -0.381 e. The number of likely N-dealkylation sites (tertiary alicyclic amines) is 1. The van der Waals surface area contributed by atoms with E-state index >= 15 is 0 Å². The minimum atomic E-state index is 0.112. The smallest absolute Gasteiger partial charge is 0.225 e. The molecule has 4 rings (SSSR count). The van der Waals surface area contributed by atoms with Crippen molar-refractivity contribution in [3.63, 3.8) is 0 Å². The highest BCUT2D eigenvalue weighted by Crippen LogP contribution is 2.29. The number of amides is 1. The van der Waals surface area contributed by atoms with Gasteiger partial charge in [-0.25, -0.2) is 15.0 Å². The van der Waals surface area contributed by atoms with Crippen LogP contribution in [0.2, 0.25) is 0 Å². The first-order valence-corrected chi connectivity index (χ1v) is 10.3. The molecule has 0 saturated carbocycles. The molecule has 0 radical (unpaired) electrons. The van der Waals surface area contributed by atoms with Gasteiger partial charge in [0.2, 0.25) is 5.91 Å². The standard InChI is InChI=1S/C19H25N5O2S/c1-12-9-16(23-19-20-10-13(2)27-19)22-17(21-12)15-3-6-24(11-15)18(25)14-4-7-26-8-5-14/h9-10,14-15H,3-8,11H2,1-2H3,(H,20,21,22,23). The minimum absolute atomic E-state index is 0.112. The highest BCUT2D eigenvalue weighted by atomic mass is 32.1. The lowest BCUT2D eigenvalue weighted by Gasteiger charge is -2.26. The van der Waals surface area contributed by atoms with Crippen LogP contribution in [0.15, 0.2) is 12.3 Å². The van der Waals surface area contributed by atoms with E-state index < -0.39 is 0 Å². The average molecular weight is 388 g/mol. The van der Waals surface area contributed by atoms with Gasteiger partial charge in [0.25, 0.3) is 0 Å². The molecular formula is C19H25N5O2S. The summed E-state index contributed by atoms with van der Waals surface area (Å²) in [6.07, 6.45) is 4.43. The van der Waals surface area contributed by atoms with Crippen LogP contribution in [0.1, 0.15) is 41.6 Å². The summed E-state index contributed by atoms with van der Waals surface area (Å²) in [7, 11) is 0. The SMILES string of the molecule is Cc1cc(Nc2ncc(C)s2)nc(C2CCN(C(=O)C3CCOCC3)C2)n1. The second-order valence-corrected chi connectivity index (χ2v) is 8.55. The number of aromatic nitrogens is 3. The Morgan fingerprint density at radius 1 is 1.26 bits per heavy atom. The van der Waals surface area contributed by atoms with Gasteiger partial charge in [-0.15, -0.1) is 11.3 Å². The van der Waals surface area contributed by atoms with Crippen LogP contribution < -0.4 is 5.32 Å². The summed E-state index contributed by atoms with van der Waals surface area (Å²) in [6.45, 7) is 6.88. The predicted octanol–water partition coefficient (Wildman–Crippen LogP) is 3.04. The van der Waals surface area contributed by atoms with E-state index in [0.29, 0.717) is 19.8 Å². The molecule has 1 atom stereocenters. The molecule has 1 unspecified atom stereocenters. The summed E-state index contributed by atoms with van der Waals surface area (Å²) < 4.78 is 5.38. The van der Waals surface area contributed by atoms with E-state index in [-0.39, 0.29) is 17.7 Å². The van der Waals surface area contributed by atoms with Gasteiger partial charge in [0.05, 0.1) is 0 Å². The van der Waals surface area contributed by atoms with Crippen molar-refractivity contribution in [2.45, 2.75) is 39.0 Å². The van der Waals surface area contributed by atoms with E-state index in [0.717, 1.165) is 53.2 Å². The van der Waals surface area contributed by atoms with E-state index in [2.05, 4.69) is 15.3 Å². The third kappa shape index (κ3) is 4.27. The molecule has 7 nitrogen and oxygen atoms in total. The van der Waals surface area contributed by atoms with Gasteiger partial charge in [-0.2, -0.15) is 0 Å². The summed E-state index contributed by atoms with van der Waals surface area (Å²) in [5.41, 5.74) is 0.921. The van der Waals surface area contributed by atoms with Crippen molar-refractivity contribution in [1.82, 2.24) is 19.9 Å². The quantitative estimate of drug-likeness (QED) is 0.869. The Bertz CT molecular complexity index is 818. The second kappa shape index (κ2) is 7.90. The molecule has 1 amide bonds. The van der Waals surface area contributed by atoms with Gasteiger partial charge >= 0.3 is 0 Å². The van der Waals surface area contributed by atoms with E-state index in [1.54, 1.807) is 11.3 Å². The Kier molecular flexibility index (Phi) is 5.36. The number of nitrogens with one attached hydrogen (secondary N) is 1. The molecule has 0 aromatic carbocycles. The number of hydrogen-bond acceptors (Lipinski definition) is 7. The van der Waals surface area contributed by atoms with Crippen LogP contribution in [0, 0.1) is 19.8 Å². The summed E-state index contributed by atoms with van der Waals surface area (Å²) in [4.78, 5) is 29.6. The first kappa shape index (κ1) is 18.3. The molecule has 0 aliphatic carbocycles. The molecule has 2 saturated heterocycles. The maximum atomic E-state index is 12.8. The zero-order chi connectivity index (χ0) is 18.8. The summed E-state index contributed by atoms with van der Waals surface area (Å²) in [5, 5.41) is 4.11. The van der Waals surface area contributed by atoms with Crippen molar-refractivity contribution in [3.8, 4) is 0 Å². The lowest BCUT2D eigenvalue weighted by atomic mass is 9.99. The Hall–Kier alpha value is -2.06. The average Bonchev–Trinajstić information content (AvgIpc) is 3.31. The van der Waals surface area contributed by atoms with Gasteiger partial charge < -0.3 is 15.0 Å². The molecule has 2 aromatic heterocycles. The lowest BCUT2D eigenvalue weighted by Crippen LogP contribution is -2.37. The monoisotopic (exact) mass is 387 g/mol. The molecule has 4 heterocycles. The van der Waals surface area contributed by atoms with E-state index in [4.69, 9.17) is 9.72 Å². The fourth-order valence-electron chi connectivity index (χ4n) is 3.73. The number of carbonyl (C=O) groups excluding carboxylic acids is 1. The third-order valence-corrected chi connectivity index (χ3v) is 5.99. The van der Waals surface area contributed by atoms with Crippen LogP contribution in [-0.4, -0.2) is 52.1 Å². The Balaban J connectivity index is 1.44. The van der Waals surface area contributed by atoms with E-state index in [9.17, 15) is 4.79 Å². The first-order valence-electron chi connectivity index (χ1n) is 9.50. The molecule has 0 spiro atoms. The number of rotatable bonds is 4. The Morgan fingerprint density at radius 2 is 2.07 bits per heavy atom. The topological polar surface area (TPSA) is 80.2 Å². The highest BCUT2D eigenvalue weighted by Gasteiger charge is 2.33. The van der Waals surface area contributed by atoms with Crippen LogP contribution in [-0.2, 0) is 9.53 Å². The maximum absolute atomic E-state index is 12.8. The molecule has 2 aromatic rings. The zero-order valence-electron chi connectivity index (χ0n) is 15.8. The van der Waals surface area contributed by atoms with Crippen molar-refractivity contribution in [2.24, 2.45) is 5.92 Å². The van der Waals surface area contributed by atoms with Gasteiger partial charge in [-0.3, -0.25) is 4.79 Å². The van der Waals surface area contributed by atoms with Crippen molar-refractivity contribution in [1.29, 1.82) is 0 Å². The Labute approximate surface area is 163 Å². The van der Waals surface area contributed by atoms with Gasteiger partial charge in [0.15, 0.2) is 5.13 Å². The van der Waals surface area contributed by atoms with Gasteiger partial charge in [-0.05, 0) is 33.1 Å². The molecule has 8 heteroatoms. The summed E-state index contributed by atoms with van der Waals surface area (Å²) in [5.74, 6) is 2.15. The largest absolute Gasteiger partial charge is 0.381 e. The van der Waals surface area contributed by atoms with E-state index in [1.165, 1.54) is 0 Å². The fourth-order valence-corrected chi connectivity index (χ4v) is 4.41. The highest BCUT2D eigenvalue weighted by molar-refractivity contribution is 7.15. The summed E-state index contributed by atoms with van der Waals surface area (Å²) >= 11 is 1.60. The van der Waals surface area contributed by atoms with E-state index in [1.807, 2.05) is 31.0 Å². The van der Waals surface area contributed by atoms with Crippen LogP contribution >= 0.6 is 11.3 Å². The molecule has 1 N–H and O–H groups in total. The number of nitrogens with zero attached hydrogens (tertiary/aromatic N) is 4. The van der Waals surface area contributed by atoms with Crippen LogP contribution in [0.4, 0.5) is 10.9 Å². The molecule has 144 valence electrons. The normalized spacial score (nSPS) is 20.8. The van der Waals surface area contributed by atoms with Crippen LogP contribution in [0.5, 0.6) is 0 Å². The number of ether oxygens (including phenoxy) is 1. The Morgan fingerprint density at radius 3 is 2.81 bits per heavy atom. The van der Waals surface area contributed by atoms with Crippen LogP contribution in [0.3, 0.4) is 0 Å². The molecule has 27 heavy (non-hydrogen) atoms. The molecular weight excluding hydrogens is 362 g/mol. The number of anilines is 2. The number of carbonyl (C=O) groups is 1. The molecule has 0 bridgehead atoms. The molecule has 2 aliphatic rings. The number of thiazole rings is 1. The fraction of sp³-hybridized carbons (Fsp3) is 0.579. The summed E-state index contributed by atoms with van der Waals surface area (Å²) in [6, 6.07) is 1.93. The van der Waals surface area contributed by atoms with Crippen molar-refractivity contribution in [2.75, 3.05) is 31.6 Å². The van der Waals surface area contributed by atoms with Gasteiger partial charge in [0, 0.05) is 61.0 Å². The van der Waals surface area contributed by atoms with Crippen molar-refractivity contribution >= 4 is 28.2 Å². The molecule has 2 fully saturated rings. The second-order valence-electron chi connectivity index (χ2n) is 7.31. The van der Waals surface area contributed by atoms with Crippen molar-refractivity contribution < 1.29 is 9.53 Å². The van der Waals surface area contributed by atoms with Gasteiger partial charge in [-0.1, -0.05) is 0 Å². The lowest BCUT2D eigenvalue weighted by molar-refractivity contribution is -0.137.